The topological polar surface area (TPSA) is 154 Å². The highest BCUT2D eigenvalue weighted by molar-refractivity contribution is 7.92. The normalized spacial score (nSPS) is 17.1. The maximum Gasteiger partial charge on any atom is 0.305 e. The summed E-state index contributed by atoms with van der Waals surface area (Å²) in [6, 6.07) is 10.6. The van der Waals surface area contributed by atoms with Crippen LogP contribution in [0.1, 0.15) is 44.7 Å². The van der Waals surface area contributed by atoms with Crippen molar-refractivity contribution in [3.05, 3.63) is 65.9 Å². The molecule has 14 heteroatoms. The van der Waals surface area contributed by atoms with Crippen molar-refractivity contribution in [2.45, 2.75) is 62.7 Å². The van der Waals surface area contributed by atoms with Gasteiger partial charge in [0.2, 0.25) is 10.0 Å². The minimum Gasteiger partial charge on any atom is -0.481 e. The van der Waals surface area contributed by atoms with E-state index in [1.807, 2.05) is 0 Å². The summed E-state index contributed by atoms with van der Waals surface area (Å²) in [5, 5.41) is 29.7. The highest BCUT2D eigenvalue weighted by Crippen LogP contribution is 2.45. The van der Waals surface area contributed by atoms with Crippen molar-refractivity contribution >= 4 is 25.8 Å². The molecule has 1 fully saturated rings. The van der Waals surface area contributed by atoms with Crippen LogP contribution in [0.5, 0.6) is 0 Å². The van der Waals surface area contributed by atoms with E-state index in [1.54, 1.807) is 18.4 Å². The van der Waals surface area contributed by atoms with Crippen LogP contribution >= 0.6 is 0 Å². The van der Waals surface area contributed by atoms with Crippen molar-refractivity contribution in [1.29, 1.82) is 0 Å². The smallest absolute Gasteiger partial charge is 0.305 e. The lowest BCUT2D eigenvalue weighted by atomic mass is 10.00. The van der Waals surface area contributed by atoms with Gasteiger partial charge in [-0.2, -0.15) is 4.31 Å². The molecule has 2 heterocycles. The monoisotopic (exact) mass is 654 g/mol. The summed E-state index contributed by atoms with van der Waals surface area (Å²) in [5.74, 6) is -3.41. The Morgan fingerprint density at radius 3 is 1.93 bits per heavy atom. The summed E-state index contributed by atoms with van der Waals surface area (Å²) in [6.45, 7) is 3.09. The van der Waals surface area contributed by atoms with Crippen molar-refractivity contribution in [3.63, 3.8) is 0 Å². The summed E-state index contributed by atoms with van der Waals surface area (Å²) in [5.41, 5.74) is 1.72. The molecule has 0 bridgehead atoms. The lowest BCUT2D eigenvalue weighted by Gasteiger charge is -2.27. The number of sulfonamides is 1. The zero-order valence-electron chi connectivity index (χ0n) is 24.4. The number of aliphatic carboxylic acids is 1. The summed E-state index contributed by atoms with van der Waals surface area (Å²) in [4.78, 5) is 10.9. The number of benzene rings is 2. The molecule has 1 aliphatic rings. The van der Waals surface area contributed by atoms with Crippen LogP contribution < -0.4 is 0 Å². The van der Waals surface area contributed by atoms with Crippen LogP contribution in [0, 0.1) is 11.6 Å². The van der Waals surface area contributed by atoms with Crippen LogP contribution in [0.3, 0.4) is 0 Å². The number of hydrogen-bond donors (Lipinski definition) is 3. The third kappa shape index (κ3) is 7.54. The summed E-state index contributed by atoms with van der Waals surface area (Å²) in [7, 11) is -7.76. The Morgan fingerprint density at radius 2 is 1.43 bits per heavy atom. The molecule has 3 aromatic rings. The van der Waals surface area contributed by atoms with Gasteiger partial charge >= 0.3 is 5.97 Å². The van der Waals surface area contributed by atoms with Gasteiger partial charge in [-0.05, 0) is 66.3 Å². The Kier molecular flexibility index (Phi) is 10.3. The molecule has 0 saturated carbocycles. The summed E-state index contributed by atoms with van der Waals surface area (Å²) >= 11 is 0. The van der Waals surface area contributed by atoms with Gasteiger partial charge < -0.3 is 19.9 Å². The van der Waals surface area contributed by atoms with E-state index in [2.05, 4.69) is 0 Å². The SMILES string of the molecule is CC(C)c1c(S(=O)(=O)N2CCS(=O)(=O)CC2)c(-c2ccc(F)cc2)c(-c2ccc(F)cc2)n1CCC(O)CC(O)CC(=O)O. The van der Waals surface area contributed by atoms with Gasteiger partial charge in [-0.15, -0.1) is 0 Å². The lowest BCUT2D eigenvalue weighted by molar-refractivity contribution is -0.139. The molecule has 10 nitrogen and oxygen atoms in total. The predicted molar refractivity (Wildman–Crippen MR) is 160 cm³/mol. The Labute approximate surface area is 255 Å². The molecule has 0 aliphatic carbocycles. The van der Waals surface area contributed by atoms with E-state index in [0.29, 0.717) is 22.5 Å². The minimum atomic E-state index is -4.35. The van der Waals surface area contributed by atoms with E-state index in [9.17, 15) is 40.6 Å². The van der Waals surface area contributed by atoms with E-state index < -0.39 is 62.0 Å². The molecule has 0 radical (unpaired) electrons. The third-order valence-corrected chi connectivity index (χ3v) is 11.2. The van der Waals surface area contributed by atoms with Gasteiger partial charge in [0.25, 0.3) is 0 Å². The first-order valence-electron chi connectivity index (χ1n) is 14.2. The first kappa shape index (κ1) is 33.7. The van der Waals surface area contributed by atoms with Crippen LogP contribution in [0.4, 0.5) is 8.78 Å². The number of halogens is 2. The van der Waals surface area contributed by atoms with E-state index in [1.165, 1.54) is 48.5 Å². The standard InChI is InChI=1S/C30H36F2N2O8S2/c1-19(2)28-30(44(41,42)33-13-15-43(39,40)16-14-33)27(20-3-7-22(31)8-4-20)29(21-5-9-23(32)10-6-21)34(28)12-11-24(35)17-25(36)18-26(37)38/h3-10,19,24-25,35-36H,11-18H2,1-2H3,(H,37,38). The molecule has 0 amide bonds. The predicted octanol–water partition coefficient (Wildman–Crippen LogP) is 3.62. The van der Waals surface area contributed by atoms with Crippen molar-refractivity contribution in [3.8, 4) is 22.4 Å². The average Bonchev–Trinajstić information content (AvgIpc) is 3.28. The highest BCUT2D eigenvalue weighted by atomic mass is 32.2. The maximum absolute atomic E-state index is 14.5. The number of nitrogens with zero attached hydrogens (tertiary/aromatic N) is 2. The van der Waals surface area contributed by atoms with Gasteiger partial charge in [0.05, 0.1) is 35.8 Å². The van der Waals surface area contributed by atoms with Gasteiger partial charge in [0.15, 0.2) is 9.84 Å². The molecule has 2 unspecified atom stereocenters. The van der Waals surface area contributed by atoms with E-state index in [-0.39, 0.29) is 54.4 Å². The van der Waals surface area contributed by atoms with Crippen molar-refractivity contribution in [1.82, 2.24) is 8.87 Å². The molecule has 0 spiro atoms. The fourth-order valence-corrected chi connectivity index (χ4v) is 8.97. The minimum absolute atomic E-state index is 0.00355. The molecule has 240 valence electrons. The molecule has 3 N–H and O–H groups in total. The second-order valence-corrected chi connectivity index (χ2v) is 15.4. The van der Waals surface area contributed by atoms with Crippen LogP contribution in [-0.4, -0.2) is 83.8 Å². The van der Waals surface area contributed by atoms with Gasteiger partial charge in [-0.1, -0.05) is 26.0 Å². The molecule has 4 rings (SSSR count). The molecular weight excluding hydrogens is 618 g/mol. The number of carboxylic acid groups (broad SMARTS) is 1. The van der Waals surface area contributed by atoms with Crippen molar-refractivity contribution < 1.29 is 45.7 Å². The molecule has 2 atom stereocenters. The number of rotatable bonds is 12. The van der Waals surface area contributed by atoms with Gasteiger partial charge in [0, 0.05) is 30.9 Å². The number of aliphatic hydroxyl groups excluding tert-OH is 2. The zero-order chi connectivity index (χ0) is 32.4. The Bertz CT molecular complexity index is 1690. The van der Waals surface area contributed by atoms with Crippen molar-refractivity contribution in [2.24, 2.45) is 0 Å². The number of hydrogen-bond acceptors (Lipinski definition) is 7. The third-order valence-electron chi connectivity index (χ3n) is 7.60. The second-order valence-electron chi connectivity index (χ2n) is 11.2. The number of aromatic nitrogens is 1. The largest absolute Gasteiger partial charge is 0.481 e. The Balaban J connectivity index is 1.97. The molecule has 1 aliphatic heterocycles. The maximum atomic E-state index is 14.5. The van der Waals surface area contributed by atoms with Crippen LogP contribution in [-0.2, 0) is 31.2 Å². The lowest BCUT2D eigenvalue weighted by Crippen LogP contribution is -2.44. The van der Waals surface area contributed by atoms with Crippen LogP contribution in [0.15, 0.2) is 53.4 Å². The van der Waals surface area contributed by atoms with E-state index in [4.69, 9.17) is 5.11 Å². The first-order valence-corrected chi connectivity index (χ1v) is 17.4. The molecule has 1 aromatic heterocycles. The first-order chi connectivity index (χ1) is 20.6. The summed E-state index contributed by atoms with van der Waals surface area (Å²) in [6.07, 6.45) is -3.22. The molecule has 1 saturated heterocycles. The fraction of sp³-hybridized carbons (Fsp3) is 0.433. The quantitative estimate of drug-likeness (QED) is 0.268. The summed E-state index contributed by atoms with van der Waals surface area (Å²) < 4.78 is 84.2. The van der Waals surface area contributed by atoms with Gasteiger partial charge in [-0.3, -0.25) is 4.79 Å². The number of carbonyl (C=O) groups is 1. The van der Waals surface area contributed by atoms with Crippen LogP contribution in [0.2, 0.25) is 0 Å². The second kappa shape index (κ2) is 13.4. The number of sulfone groups is 1. The Morgan fingerprint density at radius 1 is 0.909 bits per heavy atom. The number of aliphatic hydroxyl groups is 2. The molecular formula is C30H36F2N2O8S2. The average molecular weight is 655 g/mol. The zero-order valence-corrected chi connectivity index (χ0v) is 26.0. The van der Waals surface area contributed by atoms with E-state index >= 15 is 0 Å². The van der Waals surface area contributed by atoms with Gasteiger partial charge in [0.1, 0.15) is 16.5 Å². The van der Waals surface area contributed by atoms with Crippen LogP contribution in [0.25, 0.3) is 22.4 Å². The highest BCUT2D eigenvalue weighted by Gasteiger charge is 2.39. The fourth-order valence-electron chi connectivity index (χ4n) is 5.53. The van der Waals surface area contributed by atoms with Crippen molar-refractivity contribution in [2.75, 3.05) is 24.6 Å². The number of carboxylic acids is 1. The molecule has 44 heavy (non-hydrogen) atoms. The van der Waals surface area contributed by atoms with Gasteiger partial charge in [-0.25, -0.2) is 25.6 Å². The Hall–Kier alpha value is -3.17. The van der Waals surface area contributed by atoms with E-state index in [0.717, 1.165) is 4.31 Å². The molecule has 2 aromatic carbocycles.